The monoisotopic (exact) mass is 388 g/mol. The van der Waals surface area contributed by atoms with E-state index < -0.39 is 0 Å². The van der Waals surface area contributed by atoms with Crippen LogP contribution in [0.5, 0.6) is 11.5 Å². The highest BCUT2D eigenvalue weighted by molar-refractivity contribution is 5.74. The Kier molecular flexibility index (Phi) is 14.8. The highest BCUT2D eigenvalue weighted by Crippen LogP contribution is 2.34. The van der Waals surface area contributed by atoms with Gasteiger partial charge >= 0.3 is 0 Å². The maximum Gasteiger partial charge on any atom is 0.123 e. The van der Waals surface area contributed by atoms with Gasteiger partial charge in [0, 0.05) is 11.1 Å². The van der Waals surface area contributed by atoms with E-state index in [9.17, 15) is 10.2 Å². The molecule has 0 aromatic heterocycles. The fourth-order valence-electron chi connectivity index (χ4n) is 2.74. The average molecular weight is 389 g/mol. The fraction of sp³-hybridized carbons (Fsp3) is 0.500. The van der Waals surface area contributed by atoms with E-state index in [2.05, 4.69) is 51.3 Å². The van der Waals surface area contributed by atoms with Crippen LogP contribution < -0.4 is 0 Å². The predicted octanol–water partition coefficient (Wildman–Crippen LogP) is 5.46. The molecule has 0 bridgehead atoms. The molecule has 0 heterocycles. The first-order valence-corrected chi connectivity index (χ1v) is 10.5. The van der Waals surface area contributed by atoms with Gasteiger partial charge in [-0.1, -0.05) is 77.9 Å². The van der Waals surface area contributed by atoms with Crippen LogP contribution in [-0.2, 0) is 0 Å². The van der Waals surface area contributed by atoms with Gasteiger partial charge in [-0.05, 0) is 51.4 Å². The highest BCUT2D eigenvalue weighted by Gasteiger charge is 2.06. The molecular formula is C24H40N2O2. The van der Waals surface area contributed by atoms with Gasteiger partial charge in [-0.25, -0.2) is 0 Å². The van der Waals surface area contributed by atoms with E-state index in [0.717, 1.165) is 0 Å². The van der Waals surface area contributed by atoms with Gasteiger partial charge in [-0.2, -0.15) is 0 Å². The molecule has 0 aliphatic carbocycles. The molecule has 28 heavy (non-hydrogen) atoms. The van der Waals surface area contributed by atoms with E-state index in [1.165, 1.54) is 39.3 Å². The van der Waals surface area contributed by atoms with Crippen molar-refractivity contribution >= 4 is 0 Å². The van der Waals surface area contributed by atoms with Crippen molar-refractivity contribution in [2.75, 3.05) is 39.3 Å². The molecule has 0 aliphatic rings. The van der Waals surface area contributed by atoms with E-state index in [0.29, 0.717) is 11.1 Å². The Morgan fingerprint density at radius 3 is 0.929 bits per heavy atom. The first-order valence-electron chi connectivity index (χ1n) is 10.5. The van der Waals surface area contributed by atoms with Crippen LogP contribution in [0, 0.1) is 0 Å². The number of para-hydroxylation sites is 2. The standard InChI is InChI=1S/C12H10O2.2C6H15N/c13-11-7-3-1-5-9(11)10-6-2-4-8-12(10)14;2*1-4-7(5-2)6-3/h1-8,13-14H;2*4-6H2,1-3H3. The summed E-state index contributed by atoms with van der Waals surface area (Å²) in [6.45, 7) is 20.2. The predicted molar refractivity (Wildman–Crippen MR) is 122 cm³/mol. The van der Waals surface area contributed by atoms with Crippen LogP contribution in [0.1, 0.15) is 41.5 Å². The fourth-order valence-corrected chi connectivity index (χ4v) is 2.74. The minimum Gasteiger partial charge on any atom is -0.507 e. The molecule has 0 aliphatic heterocycles. The molecule has 0 amide bonds. The third kappa shape index (κ3) is 9.77. The van der Waals surface area contributed by atoms with Gasteiger partial charge in [0.05, 0.1) is 0 Å². The Labute approximate surface area is 172 Å². The van der Waals surface area contributed by atoms with Gasteiger partial charge < -0.3 is 20.0 Å². The van der Waals surface area contributed by atoms with Crippen molar-refractivity contribution in [3.8, 4) is 22.6 Å². The van der Waals surface area contributed by atoms with Crippen LogP contribution in [0.3, 0.4) is 0 Å². The lowest BCUT2D eigenvalue weighted by molar-refractivity contribution is 0.321. The zero-order chi connectivity index (χ0) is 21.4. The molecule has 158 valence electrons. The topological polar surface area (TPSA) is 46.9 Å². The number of phenolic OH excluding ortho intramolecular Hbond substituents is 2. The Bertz CT molecular complexity index is 557. The minimum absolute atomic E-state index is 0.175. The smallest absolute Gasteiger partial charge is 0.123 e. The first-order chi connectivity index (χ1) is 13.5. The summed E-state index contributed by atoms with van der Waals surface area (Å²) in [7, 11) is 0. The quantitative estimate of drug-likeness (QED) is 0.661. The van der Waals surface area contributed by atoms with Crippen LogP contribution in [0.15, 0.2) is 48.5 Å². The number of hydrogen-bond acceptors (Lipinski definition) is 4. The van der Waals surface area contributed by atoms with Gasteiger partial charge in [0.2, 0.25) is 0 Å². The summed E-state index contributed by atoms with van der Waals surface area (Å²) in [6.07, 6.45) is 0. The van der Waals surface area contributed by atoms with Gasteiger partial charge in [0.1, 0.15) is 11.5 Å². The Morgan fingerprint density at radius 2 is 0.750 bits per heavy atom. The molecule has 4 heteroatoms. The molecule has 0 spiro atoms. The summed E-state index contributed by atoms with van der Waals surface area (Å²) < 4.78 is 0. The van der Waals surface area contributed by atoms with Gasteiger partial charge in [-0.15, -0.1) is 0 Å². The minimum atomic E-state index is 0.175. The third-order valence-corrected chi connectivity index (χ3v) is 4.78. The second-order valence-electron chi connectivity index (χ2n) is 6.27. The molecule has 2 aromatic rings. The lowest BCUT2D eigenvalue weighted by Crippen LogP contribution is -2.21. The van der Waals surface area contributed by atoms with Gasteiger partial charge in [0.25, 0.3) is 0 Å². The number of benzene rings is 2. The Balaban J connectivity index is 0.000000444. The highest BCUT2D eigenvalue weighted by atomic mass is 16.3. The Hall–Kier alpha value is -2.04. The SMILES string of the molecule is CCN(CC)CC.CCN(CC)CC.Oc1ccccc1-c1ccccc1O. The molecule has 0 fully saturated rings. The van der Waals surface area contributed by atoms with E-state index in [1.54, 1.807) is 36.4 Å². The van der Waals surface area contributed by atoms with Crippen molar-refractivity contribution in [1.29, 1.82) is 0 Å². The molecule has 4 nitrogen and oxygen atoms in total. The molecule has 0 unspecified atom stereocenters. The number of aromatic hydroxyl groups is 2. The summed E-state index contributed by atoms with van der Waals surface area (Å²) in [5.41, 5.74) is 1.29. The normalized spacial score (nSPS) is 10.1. The van der Waals surface area contributed by atoms with Crippen molar-refractivity contribution < 1.29 is 10.2 Å². The van der Waals surface area contributed by atoms with E-state index in [1.807, 2.05) is 12.1 Å². The third-order valence-electron chi connectivity index (χ3n) is 4.78. The molecule has 0 saturated heterocycles. The van der Waals surface area contributed by atoms with E-state index >= 15 is 0 Å². The molecule has 0 saturated carbocycles. The van der Waals surface area contributed by atoms with Crippen molar-refractivity contribution in [3.63, 3.8) is 0 Å². The van der Waals surface area contributed by atoms with E-state index in [4.69, 9.17) is 0 Å². The maximum atomic E-state index is 9.58. The summed E-state index contributed by atoms with van der Waals surface area (Å²) in [6, 6.07) is 13.9. The molecule has 2 N–H and O–H groups in total. The van der Waals surface area contributed by atoms with Crippen molar-refractivity contribution in [2.45, 2.75) is 41.5 Å². The molecular weight excluding hydrogens is 348 g/mol. The van der Waals surface area contributed by atoms with E-state index in [-0.39, 0.29) is 11.5 Å². The average Bonchev–Trinajstić information content (AvgIpc) is 2.73. The van der Waals surface area contributed by atoms with Crippen LogP contribution in [0.4, 0.5) is 0 Å². The van der Waals surface area contributed by atoms with Crippen molar-refractivity contribution in [3.05, 3.63) is 48.5 Å². The summed E-state index contributed by atoms with van der Waals surface area (Å²) in [5.74, 6) is 0.350. The second-order valence-corrected chi connectivity index (χ2v) is 6.27. The van der Waals surface area contributed by atoms with Gasteiger partial charge in [0.15, 0.2) is 0 Å². The number of hydrogen-bond donors (Lipinski definition) is 2. The molecule has 2 aromatic carbocycles. The van der Waals surface area contributed by atoms with Crippen LogP contribution in [0.2, 0.25) is 0 Å². The first kappa shape index (κ1) is 26.0. The Morgan fingerprint density at radius 1 is 0.500 bits per heavy atom. The lowest BCUT2D eigenvalue weighted by Gasteiger charge is -2.13. The number of phenols is 2. The van der Waals surface area contributed by atoms with Crippen LogP contribution in [0.25, 0.3) is 11.1 Å². The molecule has 0 atom stereocenters. The van der Waals surface area contributed by atoms with Crippen LogP contribution in [-0.4, -0.2) is 59.3 Å². The van der Waals surface area contributed by atoms with Crippen LogP contribution >= 0.6 is 0 Å². The number of rotatable bonds is 7. The zero-order valence-corrected chi connectivity index (χ0v) is 18.7. The summed E-state index contributed by atoms with van der Waals surface area (Å²) >= 11 is 0. The zero-order valence-electron chi connectivity index (χ0n) is 18.7. The maximum absolute atomic E-state index is 9.58. The number of nitrogens with zero attached hydrogens (tertiary/aromatic N) is 2. The lowest BCUT2D eigenvalue weighted by atomic mass is 10.0. The molecule has 0 radical (unpaired) electrons. The largest absolute Gasteiger partial charge is 0.507 e. The second kappa shape index (κ2) is 16.0. The molecule has 2 rings (SSSR count). The van der Waals surface area contributed by atoms with Crippen molar-refractivity contribution in [2.24, 2.45) is 0 Å². The van der Waals surface area contributed by atoms with Gasteiger partial charge in [-0.3, -0.25) is 0 Å². The van der Waals surface area contributed by atoms with Crippen molar-refractivity contribution in [1.82, 2.24) is 9.80 Å². The summed E-state index contributed by atoms with van der Waals surface area (Å²) in [4.78, 5) is 4.75. The summed E-state index contributed by atoms with van der Waals surface area (Å²) in [5, 5.41) is 19.2.